The van der Waals surface area contributed by atoms with Crippen molar-refractivity contribution in [2.75, 3.05) is 12.8 Å². The van der Waals surface area contributed by atoms with E-state index in [0.717, 1.165) is 0 Å². The van der Waals surface area contributed by atoms with Crippen LogP contribution in [0.15, 0.2) is 18.7 Å². The fourth-order valence-corrected chi connectivity index (χ4v) is 3.70. The van der Waals surface area contributed by atoms with E-state index in [1.165, 1.54) is 30.5 Å². The lowest BCUT2D eigenvalue weighted by atomic mass is 10.2. The summed E-state index contributed by atoms with van der Waals surface area (Å²) in [6.45, 7) is 1.71. The van der Waals surface area contributed by atoms with Gasteiger partial charge in [-0.25, -0.2) is 9.67 Å². The molecule has 13 nitrogen and oxygen atoms in total. The van der Waals surface area contributed by atoms with Gasteiger partial charge in [0.05, 0.1) is 30.2 Å². The number of aliphatic hydroxyl groups excluding tert-OH is 2. The number of nitrogens with zero attached hydrogens (tertiary/aromatic N) is 6. The molecule has 1 aliphatic rings. The van der Waals surface area contributed by atoms with Crippen LogP contribution < -0.4 is 16.4 Å². The van der Waals surface area contributed by atoms with Crippen molar-refractivity contribution in [3.8, 4) is 5.95 Å². The zero-order valence-corrected chi connectivity index (χ0v) is 16.9. The van der Waals surface area contributed by atoms with Gasteiger partial charge >= 0.3 is 0 Å². The number of carbonyl (C=O) groups is 2. The summed E-state index contributed by atoms with van der Waals surface area (Å²) in [4.78, 5) is 36.5. The van der Waals surface area contributed by atoms with Crippen molar-refractivity contribution in [1.29, 1.82) is 0 Å². The number of nitrogen functional groups attached to an aromatic ring is 1. The van der Waals surface area contributed by atoms with Crippen LogP contribution in [0, 0.1) is 0 Å². The topological polar surface area (TPSA) is 186 Å². The molecular weight excluding hydrogens is 406 g/mol. The molecule has 31 heavy (non-hydrogen) atoms. The van der Waals surface area contributed by atoms with Gasteiger partial charge in [0.1, 0.15) is 17.7 Å². The van der Waals surface area contributed by atoms with Gasteiger partial charge in [-0.1, -0.05) is 6.92 Å². The van der Waals surface area contributed by atoms with Gasteiger partial charge < -0.3 is 31.1 Å². The molecular formula is C18H23N9O4. The summed E-state index contributed by atoms with van der Waals surface area (Å²) in [5.41, 5.74) is 7.03. The summed E-state index contributed by atoms with van der Waals surface area (Å²) < 4.78 is 2.91. The van der Waals surface area contributed by atoms with Gasteiger partial charge in [-0.15, -0.1) is 0 Å². The first kappa shape index (κ1) is 20.7. The van der Waals surface area contributed by atoms with Gasteiger partial charge in [-0.05, 0) is 6.42 Å². The highest BCUT2D eigenvalue weighted by molar-refractivity contribution is 5.93. The Morgan fingerprint density at radius 1 is 1.29 bits per heavy atom. The van der Waals surface area contributed by atoms with Crippen molar-refractivity contribution in [3.05, 3.63) is 24.3 Å². The molecule has 164 valence electrons. The van der Waals surface area contributed by atoms with Crippen LogP contribution in [-0.4, -0.2) is 76.6 Å². The average molecular weight is 429 g/mol. The lowest BCUT2D eigenvalue weighted by molar-refractivity contribution is -0.122. The summed E-state index contributed by atoms with van der Waals surface area (Å²) in [7, 11) is 1.51. The molecule has 0 aliphatic heterocycles. The minimum Gasteiger partial charge on any atom is -0.388 e. The number of fused-ring (bicyclic) bond motifs is 1. The summed E-state index contributed by atoms with van der Waals surface area (Å²) in [5.74, 6) is -0.314. The number of amides is 2. The molecule has 0 spiro atoms. The van der Waals surface area contributed by atoms with Crippen molar-refractivity contribution in [3.63, 3.8) is 0 Å². The number of anilines is 1. The Balaban J connectivity index is 1.71. The quantitative estimate of drug-likeness (QED) is 0.322. The fourth-order valence-electron chi connectivity index (χ4n) is 3.70. The third-order valence-electron chi connectivity index (χ3n) is 5.39. The number of rotatable bonds is 5. The smallest absolute Gasteiger partial charge is 0.254 e. The molecule has 6 N–H and O–H groups in total. The van der Waals surface area contributed by atoms with E-state index in [1.807, 2.05) is 0 Å². The highest BCUT2D eigenvalue weighted by Gasteiger charge is 2.43. The maximum Gasteiger partial charge on any atom is 0.254 e. The molecule has 0 saturated heterocycles. The van der Waals surface area contributed by atoms with Crippen LogP contribution in [0.2, 0.25) is 0 Å². The normalized spacial score (nSPS) is 23.2. The Morgan fingerprint density at radius 2 is 2.06 bits per heavy atom. The zero-order valence-electron chi connectivity index (χ0n) is 16.9. The van der Waals surface area contributed by atoms with Gasteiger partial charge in [-0.2, -0.15) is 15.1 Å². The first-order valence-electron chi connectivity index (χ1n) is 9.76. The van der Waals surface area contributed by atoms with E-state index in [1.54, 1.807) is 11.5 Å². The Bertz CT molecular complexity index is 1140. The SMILES string of the molecule is CCC(=O)N[C@H]1C[C@@H](n2cnc3c(N)nc(-n4cc(C(=O)NC)cn4)nc32)[C@H](O)[C@@H]1O. The predicted octanol–water partition coefficient (Wildman–Crippen LogP) is -1.48. The second kappa shape index (κ2) is 7.92. The summed E-state index contributed by atoms with van der Waals surface area (Å²) >= 11 is 0. The maximum absolute atomic E-state index is 11.8. The number of hydrogen-bond acceptors (Lipinski definition) is 9. The van der Waals surface area contributed by atoms with E-state index in [4.69, 9.17) is 5.73 Å². The highest BCUT2D eigenvalue weighted by Crippen LogP contribution is 2.33. The van der Waals surface area contributed by atoms with E-state index in [2.05, 4.69) is 30.7 Å². The van der Waals surface area contributed by atoms with Gasteiger partial charge in [0, 0.05) is 19.7 Å². The molecule has 0 bridgehead atoms. The minimum absolute atomic E-state index is 0.0969. The van der Waals surface area contributed by atoms with E-state index in [9.17, 15) is 19.8 Å². The van der Waals surface area contributed by atoms with Crippen LogP contribution in [0.3, 0.4) is 0 Å². The molecule has 0 radical (unpaired) electrons. The van der Waals surface area contributed by atoms with Gasteiger partial charge in [-0.3, -0.25) is 9.59 Å². The number of aliphatic hydroxyl groups is 2. The molecule has 0 aromatic carbocycles. The predicted molar refractivity (Wildman–Crippen MR) is 108 cm³/mol. The van der Waals surface area contributed by atoms with Crippen LogP contribution >= 0.6 is 0 Å². The molecule has 3 heterocycles. The van der Waals surface area contributed by atoms with Crippen LogP contribution in [0.4, 0.5) is 5.82 Å². The van der Waals surface area contributed by atoms with Crippen molar-refractivity contribution in [2.45, 2.75) is 44.1 Å². The monoisotopic (exact) mass is 429 g/mol. The zero-order chi connectivity index (χ0) is 22.3. The van der Waals surface area contributed by atoms with E-state index < -0.39 is 24.3 Å². The number of imidazole rings is 1. The molecule has 4 rings (SSSR count). The molecule has 13 heteroatoms. The van der Waals surface area contributed by atoms with Gasteiger partial charge in [0.15, 0.2) is 11.5 Å². The van der Waals surface area contributed by atoms with E-state index in [-0.39, 0.29) is 36.4 Å². The molecule has 3 aromatic rings. The third kappa shape index (κ3) is 3.57. The molecule has 1 saturated carbocycles. The Labute approximate surface area is 176 Å². The van der Waals surface area contributed by atoms with Gasteiger partial charge in [0.25, 0.3) is 11.9 Å². The molecule has 2 amide bonds. The second-order valence-electron chi connectivity index (χ2n) is 7.30. The summed E-state index contributed by atoms with van der Waals surface area (Å²) in [6, 6.07) is -1.20. The average Bonchev–Trinajstić information content (AvgIpc) is 3.48. The molecule has 0 unspecified atom stereocenters. The number of carbonyl (C=O) groups excluding carboxylic acids is 2. The van der Waals surface area contributed by atoms with Crippen LogP contribution in [-0.2, 0) is 4.79 Å². The number of nitrogens with two attached hydrogens (primary N) is 1. The molecule has 4 atom stereocenters. The van der Waals surface area contributed by atoms with E-state index >= 15 is 0 Å². The van der Waals surface area contributed by atoms with Crippen molar-refractivity contribution in [2.24, 2.45) is 0 Å². The van der Waals surface area contributed by atoms with Crippen LogP contribution in [0.5, 0.6) is 0 Å². The number of aromatic nitrogens is 6. The van der Waals surface area contributed by atoms with Crippen molar-refractivity contribution in [1.82, 2.24) is 39.9 Å². The van der Waals surface area contributed by atoms with E-state index in [0.29, 0.717) is 16.7 Å². The van der Waals surface area contributed by atoms with Crippen molar-refractivity contribution >= 4 is 28.8 Å². The Morgan fingerprint density at radius 3 is 2.77 bits per heavy atom. The number of hydrogen-bond donors (Lipinski definition) is 5. The standard InChI is InChI=1S/C18H23N9O4/c1-3-11(28)23-9-4-10(14(30)13(9)29)26-7-21-12-15(19)24-18(25-16(12)26)27-6-8(5-22-27)17(31)20-2/h5-7,9-10,13-14,29-30H,3-4H2,1-2H3,(H,20,31)(H,23,28)(H2,19,24,25)/t9-,10+,13+,14-/m0/s1. The molecule has 1 aliphatic carbocycles. The van der Waals surface area contributed by atoms with Crippen LogP contribution in [0.1, 0.15) is 36.2 Å². The van der Waals surface area contributed by atoms with Gasteiger partial charge in [0.2, 0.25) is 5.91 Å². The summed E-state index contributed by atoms with van der Waals surface area (Å²) in [6.07, 6.45) is 2.56. The first-order chi connectivity index (χ1) is 14.8. The lowest BCUT2D eigenvalue weighted by Crippen LogP contribution is -2.42. The minimum atomic E-state index is -1.15. The summed E-state index contributed by atoms with van der Waals surface area (Å²) in [5, 5.41) is 30.3. The highest BCUT2D eigenvalue weighted by atomic mass is 16.3. The Hall–Kier alpha value is -3.58. The number of nitrogens with one attached hydrogen (secondary N) is 2. The lowest BCUT2D eigenvalue weighted by Gasteiger charge is -2.18. The largest absolute Gasteiger partial charge is 0.388 e. The molecule has 1 fully saturated rings. The van der Waals surface area contributed by atoms with Crippen molar-refractivity contribution < 1.29 is 19.8 Å². The maximum atomic E-state index is 11.8. The first-order valence-corrected chi connectivity index (χ1v) is 9.76. The third-order valence-corrected chi connectivity index (χ3v) is 5.39. The second-order valence-corrected chi connectivity index (χ2v) is 7.30. The molecule has 3 aromatic heterocycles. The van der Waals surface area contributed by atoms with Crippen LogP contribution in [0.25, 0.3) is 17.1 Å². The fraction of sp³-hybridized carbons (Fsp3) is 0.444. The Kier molecular flexibility index (Phi) is 5.29.